The summed E-state index contributed by atoms with van der Waals surface area (Å²) in [6, 6.07) is 8.98. The van der Waals surface area contributed by atoms with Crippen LogP contribution < -0.4 is 5.32 Å². The molecule has 0 fully saturated rings. The molecule has 0 saturated heterocycles. The largest absolute Gasteiger partial charge is 0.467 e. The van der Waals surface area contributed by atoms with Gasteiger partial charge in [-0.25, -0.2) is 13.6 Å². The SMILES string of the molecule is COC(=O)C(Nc1cccc(Cl)c1)c1cccc(F)c1F. The first kappa shape index (κ1) is 15.3. The zero-order valence-corrected chi connectivity index (χ0v) is 11.8. The van der Waals surface area contributed by atoms with E-state index in [2.05, 4.69) is 10.1 Å². The van der Waals surface area contributed by atoms with Crippen molar-refractivity contribution in [2.45, 2.75) is 6.04 Å². The number of esters is 1. The number of hydrogen-bond donors (Lipinski definition) is 1. The predicted molar refractivity (Wildman–Crippen MR) is 76.2 cm³/mol. The molecule has 2 aromatic rings. The Morgan fingerprint density at radius 3 is 2.62 bits per heavy atom. The Morgan fingerprint density at radius 1 is 1.24 bits per heavy atom. The second-order valence-electron chi connectivity index (χ2n) is 4.25. The number of methoxy groups -OCH3 is 1. The summed E-state index contributed by atoms with van der Waals surface area (Å²) in [5.41, 5.74) is 0.350. The lowest BCUT2D eigenvalue weighted by atomic mass is 10.1. The summed E-state index contributed by atoms with van der Waals surface area (Å²) in [4.78, 5) is 11.9. The lowest BCUT2D eigenvalue weighted by Gasteiger charge is -2.19. The van der Waals surface area contributed by atoms with E-state index in [1.54, 1.807) is 24.3 Å². The van der Waals surface area contributed by atoms with Gasteiger partial charge < -0.3 is 10.1 Å². The summed E-state index contributed by atoms with van der Waals surface area (Å²) >= 11 is 5.85. The minimum atomic E-state index is -1.18. The van der Waals surface area contributed by atoms with Crippen molar-refractivity contribution in [1.29, 1.82) is 0 Å². The smallest absolute Gasteiger partial charge is 0.333 e. The highest BCUT2D eigenvalue weighted by Crippen LogP contribution is 2.26. The molecule has 110 valence electrons. The molecule has 0 aromatic heterocycles. The summed E-state index contributed by atoms with van der Waals surface area (Å²) in [6.45, 7) is 0. The minimum absolute atomic E-state index is 0.137. The third kappa shape index (κ3) is 3.49. The molecule has 0 amide bonds. The normalized spacial score (nSPS) is 11.8. The molecule has 2 aromatic carbocycles. The molecule has 0 spiro atoms. The number of rotatable bonds is 4. The highest BCUT2D eigenvalue weighted by molar-refractivity contribution is 6.30. The Bertz CT molecular complexity index is 664. The number of nitrogens with one attached hydrogen (secondary N) is 1. The topological polar surface area (TPSA) is 38.3 Å². The van der Waals surface area contributed by atoms with Crippen molar-refractivity contribution in [3.05, 3.63) is 64.7 Å². The predicted octanol–water partition coefficient (Wildman–Crippen LogP) is 3.94. The van der Waals surface area contributed by atoms with Crippen LogP contribution in [0.15, 0.2) is 42.5 Å². The van der Waals surface area contributed by atoms with Gasteiger partial charge in [-0.1, -0.05) is 29.8 Å². The Morgan fingerprint density at radius 2 is 1.95 bits per heavy atom. The molecule has 0 saturated carbocycles. The number of carbonyl (C=O) groups excluding carboxylic acids is 1. The summed E-state index contributed by atoms with van der Waals surface area (Å²) in [5, 5.41) is 3.24. The van der Waals surface area contributed by atoms with Gasteiger partial charge in [0.05, 0.1) is 7.11 Å². The first-order chi connectivity index (χ1) is 10.0. The molecule has 21 heavy (non-hydrogen) atoms. The van der Waals surface area contributed by atoms with Crippen LogP contribution in [-0.2, 0) is 9.53 Å². The lowest BCUT2D eigenvalue weighted by molar-refractivity contribution is -0.141. The van der Waals surface area contributed by atoms with Crippen molar-refractivity contribution in [1.82, 2.24) is 0 Å². The van der Waals surface area contributed by atoms with Crippen LogP contribution >= 0.6 is 11.6 Å². The lowest BCUT2D eigenvalue weighted by Crippen LogP contribution is -2.23. The van der Waals surface area contributed by atoms with E-state index >= 15 is 0 Å². The number of carbonyl (C=O) groups is 1. The van der Waals surface area contributed by atoms with Crippen LogP contribution in [0.5, 0.6) is 0 Å². The monoisotopic (exact) mass is 311 g/mol. The van der Waals surface area contributed by atoms with Gasteiger partial charge in [-0.3, -0.25) is 0 Å². The van der Waals surface area contributed by atoms with E-state index in [1.165, 1.54) is 19.2 Å². The standard InChI is InChI=1S/C15H12ClF2NO2/c1-21-15(20)14(11-6-3-7-12(17)13(11)18)19-10-5-2-4-9(16)8-10/h2-8,14,19H,1H3. The van der Waals surface area contributed by atoms with Gasteiger partial charge in [0.15, 0.2) is 17.7 Å². The fourth-order valence-electron chi connectivity index (χ4n) is 1.87. The Labute approximate surface area is 125 Å². The quantitative estimate of drug-likeness (QED) is 0.869. The molecule has 0 bridgehead atoms. The van der Waals surface area contributed by atoms with Gasteiger partial charge in [-0.15, -0.1) is 0 Å². The highest BCUT2D eigenvalue weighted by Gasteiger charge is 2.26. The fourth-order valence-corrected chi connectivity index (χ4v) is 2.06. The van der Waals surface area contributed by atoms with E-state index < -0.39 is 23.6 Å². The highest BCUT2D eigenvalue weighted by atomic mass is 35.5. The first-order valence-corrected chi connectivity index (χ1v) is 6.44. The van der Waals surface area contributed by atoms with E-state index in [1.807, 2.05) is 0 Å². The van der Waals surface area contributed by atoms with Gasteiger partial charge in [0.1, 0.15) is 0 Å². The molecule has 0 aliphatic carbocycles. The molecule has 3 nitrogen and oxygen atoms in total. The minimum Gasteiger partial charge on any atom is -0.467 e. The summed E-state index contributed by atoms with van der Waals surface area (Å²) in [5.74, 6) is -2.86. The maximum absolute atomic E-state index is 13.9. The second-order valence-corrected chi connectivity index (χ2v) is 4.69. The van der Waals surface area contributed by atoms with Crippen molar-refractivity contribution < 1.29 is 18.3 Å². The molecule has 0 aliphatic heterocycles. The molecule has 0 heterocycles. The van der Waals surface area contributed by atoms with Crippen molar-refractivity contribution in [2.75, 3.05) is 12.4 Å². The van der Waals surface area contributed by atoms with Crippen LogP contribution in [0.1, 0.15) is 11.6 Å². The van der Waals surface area contributed by atoms with E-state index in [9.17, 15) is 13.6 Å². The van der Waals surface area contributed by atoms with Gasteiger partial charge in [0.2, 0.25) is 0 Å². The third-order valence-corrected chi connectivity index (χ3v) is 3.10. The molecule has 2 rings (SSSR count). The number of halogens is 3. The number of hydrogen-bond acceptors (Lipinski definition) is 3. The van der Waals surface area contributed by atoms with E-state index in [-0.39, 0.29) is 5.56 Å². The van der Waals surface area contributed by atoms with Crippen LogP contribution in [-0.4, -0.2) is 13.1 Å². The average Bonchev–Trinajstić information content (AvgIpc) is 2.47. The zero-order chi connectivity index (χ0) is 15.4. The number of anilines is 1. The summed E-state index contributed by atoms with van der Waals surface area (Å²) < 4.78 is 31.9. The second kappa shape index (κ2) is 6.54. The van der Waals surface area contributed by atoms with Crippen molar-refractivity contribution >= 4 is 23.3 Å². The number of benzene rings is 2. The molecule has 0 aliphatic rings. The first-order valence-electron chi connectivity index (χ1n) is 6.06. The summed E-state index contributed by atoms with van der Waals surface area (Å²) in [7, 11) is 1.17. The van der Waals surface area contributed by atoms with Crippen LogP contribution in [0, 0.1) is 11.6 Å². The molecule has 1 atom stereocenters. The van der Waals surface area contributed by atoms with Crippen molar-refractivity contribution in [3.63, 3.8) is 0 Å². The number of ether oxygens (including phenoxy) is 1. The maximum Gasteiger partial charge on any atom is 0.333 e. The fraction of sp³-hybridized carbons (Fsp3) is 0.133. The van der Waals surface area contributed by atoms with Crippen LogP contribution in [0.4, 0.5) is 14.5 Å². The van der Waals surface area contributed by atoms with Crippen molar-refractivity contribution in [2.24, 2.45) is 0 Å². The Hall–Kier alpha value is -2.14. The molecular weight excluding hydrogens is 300 g/mol. The zero-order valence-electron chi connectivity index (χ0n) is 11.1. The van der Waals surface area contributed by atoms with Crippen LogP contribution in [0.2, 0.25) is 5.02 Å². The molecular formula is C15H12ClF2NO2. The van der Waals surface area contributed by atoms with E-state index in [0.29, 0.717) is 10.7 Å². The maximum atomic E-state index is 13.9. The van der Waals surface area contributed by atoms with Crippen LogP contribution in [0.3, 0.4) is 0 Å². The summed E-state index contributed by atoms with van der Waals surface area (Å²) in [6.07, 6.45) is 0. The third-order valence-electron chi connectivity index (χ3n) is 2.86. The van der Waals surface area contributed by atoms with Gasteiger partial charge in [0, 0.05) is 16.3 Å². The van der Waals surface area contributed by atoms with Gasteiger partial charge in [-0.05, 0) is 24.3 Å². The van der Waals surface area contributed by atoms with Gasteiger partial charge in [-0.2, -0.15) is 0 Å². The molecule has 1 N–H and O–H groups in total. The van der Waals surface area contributed by atoms with Crippen molar-refractivity contribution in [3.8, 4) is 0 Å². The van der Waals surface area contributed by atoms with Crippen LogP contribution in [0.25, 0.3) is 0 Å². The van der Waals surface area contributed by atoms with Gasteiger partial charge in [0.25, 0.3) is 0 Å². The Kier molecular flexibility index (Phi) is 4.75. The average molecular weight is 312 g/mol. The van der Waals surface area contributed by atoms with E-state index in [4.69, 9.17) is 11.6 Å². The van der Waals surface area contributed by atoms with Gasteiger partial charge >= 0.3 is 5.97 Å². The van der Waals surface area contributed by atoms with E-state index in [0.717, 1.165) is 6.07 Å². The Balaban J connectivity index is 2.39. The molecule has 6 heteroatoms. The molecule has 1 unspecified atom stereocenters. The molecule has 0 radical (unpaired) electrons.